The highest BCUT2D eigenvalue weighted by Crippen LogP contribution is 2.17. The third kappa shape index (κ3) is 3.92. The molecule has 0 spiro atoms. The second-order valence-corrected chi connectivity index (χ2v) is 4.94. The van der Waals surface area contributed by atoms with Crippen LogP contribution in [0.3, 0.4) is 0 Å². The number of ether oxygens (including phenoxy) is 1. The van der Waals surface area contributed by atoms with Crippen molar-refractivity contribution in [3.05, 3.63) is 12.2 Å². The fourth-order valence-electron chi connectivity index (χ4n) is 2.32. The number of esters is 1. The van der Waals surface area contributed by atoms with Gasteiger partial charge < -0.3 is 4.74 Å². The van der Waals surface area contributed by atoms with E-state index in [2.05, 4.69) is 0 Å². The smallest absolute Gasteiger partial charge is 0.329 e. The summed E-state index contributed by atoms with van der Waals surface area (Å²) >= 11 is 0. The summed E-state index contributed by atoms with van der Waals surface area (Å²) in [5, 5.41) is 0. The van der Waals surface area contributed by atoms with E-state index in [9.17, 15) is 14.4 Å². The molecule has 0 aliphatic carbocycles. The average Bonchev–Trinajstić information content (AvgIpc) is 2.72. The maximum absolute atomic E-state index is 12.2. The minimum atomic E-state index is -0.818. The number of amides is 2. The first-order chi connectivity index (χ1) is 9.54. The second-order valence-electron chi connectivity index (χ2n) is 4.94. The number of rotatable bonds is 8. The van der Waals surface area contributed by atoms with E-state index in [0.717, 1.165) is 30.6 Å². The van der Waals surface area contributed by atoms with Crippen molar-refractivity contribution in [2.75, 3.05) is 0 Å². The summed E-state index contributed by atoms with van der Waals surface area (Å²) in [5.74, 6) is -1.37. The Hall–Kier alpha value is -1.65. The number of carbonyl (C=O) groups excluding carboxylic acids is 3. The van der Waals surface area contributed by atoms with Crippen molar-refractivity contribution in [2.24, 2.45) is 0 Å². The minimum Gasteiger partial charge on any atom is -0.461 e. The third-order valence-corrected chi connectivity index (χ3v) is 3.32. The molecule has 5 heteroatoms. The van der Waals surface area contributed by atoms with Crippen molar-refractivity contribution in [1.29, 1.82) is 0 Å². The first-order valence-corrected chi connectivity index (χ1v) is 7.30. The van der Waals surface area contributed by atoms with Gasteiger partial charge in [-0.2, -0.15) is 0 Å². The van der Waals surface area contributed by atoms with E-state index in [1.165, 1.54) is 12.2 Å². The molecule has 0 aromatic heterocycles. The molecule has 1 rings (SSSR count). The van der Waals surface area contributed by atoms with Crippen LogP contribution in [0.4, 0.5) is 0 Å². The Balaban J connectivity index is 2.71. The summed E-state index contributed by atoms with van der Waals surface area (Å²) in [6, 6.07) is -0.818. The van der Waals surface area contributed by atoms with Crippen LogP contribution in [0.5, 0.6) is 0 Å². The molecule has 2 amide bonds. The SMILES string of the molecule is CCCC(CCC)OC(=O)C(CC)N1C(=O)C=CC1=O. The van der Waals surface area contributed by atoms with Crippen LogP contribution in [0, 0.1) is 0 Å². The van der Waals surface area contributed by atoms with Crippen molar-refractivity contribution in [2.45, 2.75) is 65.0 Å². The normalized spacial score (nSPS) is 16.1. The predicted molar refractivity (Wildman–Crippen MR) is 74.8 cm³/mol. The molecule has 0 N–H and O–H groups in total. The van der Waals surface area contributed by atoms with Gasteiger partial charge in [-0.3, -0.25) is 14.5 Å². The number of hydrogen-bond donors (Lipinski definition) is 0. The zero-order valence-corrected chi connectivity index (χ0v) is 12.4. The number of nitrogens with zero attached hydrogens (tertiary/aromatic N) is 1. The van der Waals surface area contributed by atoms with E-state index in [-0.39, 0.29) is 6.10 Å². The Morgan fingerprint density at radius 2 is 1.60 bits per heavy atom. The van der Waals surface area contributed by atoms with Crippen LogP contribution in [0.25, 0.3) is 0 Å². The molecule has 1 atom stereocenters. The van der Waals surface area contributed by atoms with Gasteiger partial charge in [0.15, 0.2) is 0 Å². The Bertz CT molecular complexity index is 379. The highest BCUT2D eigenvalue weighted by molar-refractivity contribution is 6.14. The largest absolute Gasteiger partial charge is 0.461 e. The lowest BCUT2D eigenvalue weighted by Crippen LogP contribution is -2.46. The van der Waals surface area contributed by atoms with Gasteiger partial charge in [0.2, 0.25) is 0 Å². The molecule has 0 saturated heterocycles. The molecule has 0 aromatic carbocycles. The van der Waals surface area contributed by atoms with E-state index in [0.29, 0.717) is 6.42 Å². The van der Waals surface area contributed by atoms with Crippen molar-refractivity contribution >= 4 is 17.8 Å². The molecule has 1 aliphatic rings. The van der Waals surface area contributed by atoms with Gasteiger partial charge in [0.05, 0.1) is 0 Å². The maximum Gasteiger partial charge on any atom is 0.329 e. The molecule has 20 heavy (non-hydrogen) atoms. The Labute approximate surface area is 120 Å². The first-order valence-electron chi connectivity index (χ1n) is 7.30. The Morgan fingerprint density at radius 1 is 1.10 bits per heavy atom. The van der Waals surface area contributed by atoms with Crippen LogP contribution >= 0.6 is 0 Å². The van der Waals surface area contributed by atoms with Crippen LogP contribution in [0.15, 0.2) is 12.2 Å². The summed E-state index contributed by atoms with van der Waals surface area (Å²) in [6.07, 6.45) is 6.07. The van der Waals surface area contributed by atoms with Crippen LogP contribution in [0.1, 0.15) is 52.9 Å². The van der Waals surface area contributed by atoms with Crippen molar-refractivity contribution in [3.8, 4) is 0 Å². The van der Waals surface area contributed by atoms with Crippen molar-refractivity contribution in [3.63, 3.8) is 0 Å². The van der Waals surface area contributed by atoms with Gasteiger partial charge in [-0.05, 0) is 19.3 Å². The Kier molecular flexibility index (Phi) is 6.42. The summed E-state index contributed by atoms with van der Waals surface area (Å²) < 4.78 is 5.48. The predicted octanol–water partition coefficient (Wildman–Crippen LogP) is 2.20. The molecule has 0 saturated carbocycles. The third-order valence-electron chi connectivity index (χ3n) is 3.32. The van der Waals surface area contributed by atoms with Gasteiger partial charge in [0.25, 0.3) is 11.8 Å². The fourth-order valence-corrected chi connectivity index (χ4v) is 2.32. The van der Waals surface area contributed by atoms with Gasteiger partial charge >= 0.3 is 5.97 Å². The summed E-state index contributed by atoms with van der Waals surface area (Å²) in [6.45, 7) is 5.83. The van der Waals surface area contributed by atoms with Crippen LogP contribution < -0.4 is 0 Å². The molecule has 1 aliphatic heterocycles. The standard InChI is InChI=1S/C15H23NO4/c1-4-7-11(8-5-2)20-15(19)12(6-3)16-13(17)9-10-14(16)18/h9-12H,4-8H2,1-3H3. The van der Waals surface area contributed by atoms with Gasteiger partial charge in [0.1, 0.15) is 12.1 Å². The average molecular weight is 281 g/mol. The molecule has 0 bridgehead atoms. The number of hydrogen-bond acceptors (Lipinski definition) is 4. The monoisotopic (exact) mass is 281 g/mol. The molecule has 0 radical (unpaired) electrons. The highest BCUT2D eigenvalue weighted by atomic mass is 16.5. The van der Waals surface area contributed by atoms with E-state index in [1.54, 1.807) is 6.92 Å². The van der Waals surface area contributed by atoms with E-state index >= 15 is 0 Å². The minimum absolute atomic E-state index is 0.132. The number of imide groups is 1. The molecule has 112 valence electrons. The van der Waals surface area contributed by atoms with Gasteiger partial charge in [-0.1, -0.05) is 33.6 Å². The lowest BCUT2D eigenvalue weighted by atomic mass is 10.1. The molecular formula is C15H23NO4. The maximum atomic E-state index is 12.2. The highest BCUT2D eigenvalue weighted by Gasteiger charge is 2.36. The van der Waals surface area contributed by atoms with Crippen LogP contribution in [0.2, 0.25) is 0 Å². The van der Waals surface area contributed by atoms with Crippen LogP contribution in [-0.4, -0.2) is 34.8 Å². The Morgan fingerprint density at radius 3 is 2.00 bits per heavy atom. The van der Waals surface area contributed by atoms with Gasteiger partial charge in [-0.25, -0.2) is 4.79 Å². The van der Waals surface area contributed by atoms with Gasteiger partial charge in [-0.15, -0.1) is 0 Å². The molecule has 1 unspecified atom stereocenters. The second kappa shape index (κ2) is 7.82. The summed E-state index contributed by atoms with van der Waals surface area (Å²) in [4.78, 5) is 36.5. The quantitative estimate of drug-likeness (QED) is 0.505. The summed E-state index contributed by atoms with van der Waals surface area (Å²) in [5.41, 5.74) is 0. The van der Waals surface area contributed by atoms with Crippen LogP contribution in [-0.2, 0) is 19.1 Å². The van der Waals surface area contributed by atoms with Gasteiger partial charge in [0, 0.05) is 12.2 Å². The zero-order chi connectivity index (χ0) is 15.1. The molecule has 1 heterocycles. The molecule has 0 aromatic rings. The first kappa shape index (κ1) is 16.4. The van der Waals surface area contributed by atoms with E-state index in [1.807, 2.05) is 13.8 Å². The fraction of sp³-hybridized carbons (Fsp3) is 0.667. The van der Waals surface area contributed by atoms with Crippen molar-refractivity contribution < 1.29 is 19.1 Å². The topological polar surface area (TPSA) is 63.7 Å². The number of carbonyl (C=O) groups is 3. The van der Waals surface area contributed by atoms with E-state index < -0.39 is 23.8 Å². The molecule has 0 fully saturated rings. The van der Waals surface area contributed by atoms with Crippen molar-refractivity contribution in [1.82, 2.24) is 4.90 Å². The molecule has 5 nitrogen and oxygen atoms in total. The lowest BCUT2D eigenvalue weighted by molar-refractivity contribution is -0.162. The van der Waals surface area contributed by atoms with E-state index in [4.69, 9.17) is 4.74 Å². The molecular weight excluding hydrogens is 258 g/mol. The lowest BCUT2D eigenvalue weighted by Gasteiger charge is -2.26. The zero-order valence-electron chi connectivity index (χ0n) is 12.4. The summed E-state index contributed by atoms with van der Waals surface area (Å²) in [7, 11) is 0.